The number of pyridine rings is 1. The third-order valence-electron chi connectivity index (χ3n) is 4.98. The van der Waals surface area contributed by atoms with Gasteiger partial charge in [-0.05, 0) is 31.2 Å². The molecule has 160 valence electrons. The average molecular weight is 426 g/mol. The van der Waals surface area contributed by atoms with Gasteiger partial charge < -0.3 is 9.84 Å². The molecule has 7 nitrogen and oxygen atoms in total. The third-order valence-corrected chi connectivity index (χ3v) is 4.98. The first-order chi connectivity index (χ1) is 14.9. The first-order valence-corrected chi connectivity index (χ1v) is 9.58. The van der Waals surface area contributed by atoms with E-state index in [4.69, 9.17) is 4.74 Å². The van der Waals surface area contributed by atoms with E-state index >= 15 is 0 Å². The van der Waals surface area contributed by atoms with Crippen LogP contribution in [0.4, 0.5) is 8.78 Å². The highest BCUT2D eigenvalue weighted by Gasteiger charge is 2.21. The van der Waals surface area contributed by atoms with Gasteiger partial charge in [0.25, 0.3) is 0 Å². The van der Waals surface area contributed by atoms with E-state index in [2.05, 4.69) is 10.1 Å². The molecule has 4 rings (SSSR count). The summed E-state index contributed by atoms with van der Waals surface area (Å²) in [7, 11) is 1.72. The van der Waals surface area contributed by atoms with E-state index in [1.807, 2.05) is 0 Å². The molecule has 0 spiro atoms. The second-order valence-electron chi connectivity index (χ2n) is 7.13. The summed E-state index contributed by atoms with van der Waals surface area (Å²) in [6, 6.07) is 6.91. The topological polar surface area (TPSA) is 81.7 Å². The van der Waals surface area contributed by atoms with Gasteiger partial charge in [0.15, 0.2) is 17.2 Å². The number of Topliss-reactive ketones (excluding diaryl/α,β-unsaturated/α-hetero) is 1. The van der Waals surface area contributed by atoms with Crippen molar-refractivity contribution in [2.24, 2.45) is 7.05 Å². The Balaban J connectivity index is 1.64. The van der Waals surface area contributed by atoms with Crippen LogP contribution in [0.25, 0.3) is 5.65 Å². The summed E-state index contributed by atoms with van der Waals surface area (Å²) in [6.45, 7) is 1.12. The normalized spacial score (nSPS) is 11.3. The number of hydrogen-bond acceptors (Lipinski definition) is 5. The lowest BCUT2D eigenvalue weighted by molar-refractivity contribution is 0.0986. The molecular formula is C22H20F2N4O3. The van der Waals surface area contributed by atoms with E-state index in [1.54, 1.807) is 47.6 Å². The van der Waals surface area contributed by atoms with E-state index in [0.29, 0.717) is 34.0 Å². The van der Waals surface area contributed by atoms with Crippen LogP contribution in [0.3, 0.4) is 0 Å². The Labute approximate surface area is 176 Å². The van der Waals surface area contributed by atoms with Crippen LogP contribution in [0.2, 0.25) is 0 Å². The highest BCUT2D eigenvalue weighted by Crippen LogP contribution is 2.25. The highest BCUT2D eigenvalue weighted by molar-refractivity contribution is 5.98. The summed E-state index contributed by atoms with van der Waals surface area (Å²) in [5, 5.41) is 13.6. The molecule has 9 heteroatoms. The highest BCUT2D eigenvalue weighted by atomic mass is 19.1. The second-order valence-corrected chi connectivity index (χ2v) is 7.13. The number of benzene rings is 1. The number of carbonyl (C=O) groups excluding carboxylic acids is 1. The number of fused-ring (bicyclic) bond motifs is 1. The van der Waals surface area contributed by atoms with Gasteiger partial charge in [0.05, 0.1) is 23.6 Å². The van der Waals surface area contributed by atoms with E-state index in [-0.39, 0.29) is 31.0 Å². The fourth-order valence-electron chi connectivity index (χ4n) is 3.55. The van der Waals surface area contributed by atoms with Crippen molar-refractivity contribution in [2.45, 2.75) is 26.6 Å². The number of aromatic nitrogens is 4. The molecule has 3 heterocycles. The molecule has 3 aromatic heterocycles. The van der Waals surface area contributed by atoms with Crippen LogP contribution in [-0.4, -0.2) is 30.1 Å². The SMILES string of the molecule is Cc1nc2c(OCc3c(F)cccc3F)cccn2c1C(=O)Cc1cn(C)nc1CO. The monoisotopic (exact) mass is 426 g/mol. The minimum Gasteiger partial charge on any atom is -0.485 e. The molecule has 0 fully saturated rings. The lowest BCUT2D eigenvalue weighted by Crippen LogP contribution is -2.10. The summed E-state index contributed by atoms with van der Waals surface area (Å²) in [4.78, 5) is 17.5. The molecule has 0 aliphatic carbocycles. The van der Waals surface area contributed by atoms with Crippen LogP contribution in [0, 0.1) is 18.6 Å². The number of carbonyl (C=O) groups is 1. The van der Waals surface area contributed by atoms with Gasteiger partial charge in [-0.1, -0.05) is 6.07 Å². The number of rotatable bonds is 7. The molecule has 4 aromatic rings. The predicted octanol–water partition coefficient (Wildman–Crippen LogP) is 3.15. The Hall–Kier alpha value is -3.59. The predicted molar refractivity (Wildman–Crippen MR) is 108 cm³/mol. The summed E-state index contributed by atoms with van der Waals surface area (Å²) in [5.41, 5.74) is 2.12. The molecule has 1 N–H and O–H groups in total. The van der Waals surface area contributed by atoms with Gasteiger partial charge in [-0.3, -0.25) is 13.9 Å². The van der Waals surface area contributed by atoms with Crippen molar-refractivity contribution in [2.75, 3.05) is 0 Å². The number of aliphatic hydroxyl groups excluding tert-OH is 1. The molecule has 31 heavy (non-hydrogen) atoms. The number of aryl methyl sites for hydroxylation is 2. The Bertz CT molecular complexity index is 1260. The molecule has 0 saturated carbocycles. The van der Waals surface area contributed by atoms with Crippen LogP contribution in [0.1, 0.15) is 33.0 Å². The smallest absolute Gasteiger partial charge is 0.185 e. The number of halogens is 2. The Morgan fingerprint density at radius 3 is 2.65 bits per heavy atom. The van der Waals surface area contributed by atoms with Gasteiger partial charge in [0.2, 0.25) is 0 Å². The maximum atomic E-state index is 13.9. The molecule has 0 atom stereocenters. The molecule has 0 bridgehead atoms. The Morgan fingerprint density at radius 1 is 1.19 bits per heavy atom. The van der Waals surface area contributed by atoms with Crippen LogP contribution < -0.4 is 4.74 Å². The summed E-state index contributed by atoms with van der Waals surface area (Å²) in [6.07, 6.45) is 3.42. The van der Waals surface area contributed by atoms with E-state index in [9.17, 15) is 18.7 Å². The van der Waals surface area contributed by atoms with Crippen LogP contribution >= 0.6 is 0 Å². The molecule has 0 saturated heterocycles. The zero-order chi connectivity index (χ0) is 22.1. The molecule has 0 radical (unpaired) electrons. The van der Waals surface area contributed by atoms with Crippen LogP contribution in [0.15, 0.2) is 42.7 Å². The van der Waals surface area contributed by atoms with Gasteiger partial charge >= 0.3 is 0 Å². The number of ketones is 1. The molecular weight excluding hydrogens is 406 g/mol. The number of ether oxygens (including phenoxy) is 1. The maximum absolute atomic E-state index is 13.9. The lowest BCUT2D eigenvalue weighted by atomic mass is 10.1. The molecule has 0 amide bonds. The fraction of sp³-hybridized carbons (Fsp3) is 0.227. The summed E-state index contributed by atoms with van der Waals surface area (Å²) < 4.78 is 36.6. The third kappa shape index (κ3) is 3.91. The molecule has 0 aliphatic rings. The minimum absolute atomic E-state index is 0.0455. The summed E-state index contributed by atoms with van der Waals surface area (Å²) in [5.74, 6) is -1.30. The zero-order valence-electron chi connectivity index (χ0n) is 17.0. The van der Waals surface area contributed by atoms with Crippen LogP contribution in [-0.2, 0) is 26.7 Å². The number of imidazole rings is 1. The number of nitrogens with zero attached hydrogens (tertiary/aromatic N) is 4. The molecule has 0 unspecified atom stereocenters. The van der Waals surface area contributed by atoms with E-state index in [0.717, 1.165) is 12.1 Å². The Kier molecular flexibility index (Phi) is 5.51. The van der Waals surface area contributed by atoms with Crippen molar-refractivity contribution in [1.29, 1.82) is 0 Å². The van der Waals surface area contributed by atoms with Gasteiger partial charge in [0, 0.05) is 31.4 Å². The average Bonchev–Trinajstić information content (AvgIpc) is 3.26. The largest absolute Gasteiger partial charge is 0.485 e. The van der Waals surface area contributed by atoms with Gasteiger partial charge in [-0.2, -0.15) is 5.10 Å². The van der Waals surface area contributed by atoms with Crippen molar-refractivity contribution in [3.05, 3.63) is 82.6 Å². The van der Waals surface area contributed by atoms with Gasteiger partial charge in [0.1, 0.15) is 23.9 Å². The maximum Gasteiger partial charge on any atom is 0.185 e. The van der Waals surface area contributed by atoms with E-state index in [1.165, 1.54) is 6.07 Å². The minimum atomic E-state index is -0.696. The first kappa shape index (κ1) is 20.7. The van der Waals surface area contributed by atoms with Crippen molar-refractivity contribution < 1.29 is 23.4 Å². The van der Waals surface area contributed by atoms with Gasteiger partial charge in [-0.25, -0.2) is 13.8 Å². The molecule has 0 aliphatic heterocycles. The number of aliphatic hydroxyl groups is 1. The van der Waals surface area contributed by atoms with Gasteiger partial charge in [-0.15, -0.1) is 0 Å². The quantitative estimate of drug-likeness (QED) is 0.459. The molecule has 1 aromatic carbocycles. The fourth-order valence-corrected chi connectivity index (χ4v) is 3.55. The lowest BCUT2D eigenvalue weighted by Gasteiger charge is -2.09. The van der Waals surface area contributed by atoms with Crippen molar-refractivity contribution >= 4 is 11.4 Å². The Morgan fingerprint density at radius 2 is 1.94 bits per heavy atom. The number of hydrogen-bond donors (Lipinski definition) is 1. The van der Waals surface area contributed by atoms with Crippen LogP contribution in [0.5, 0.6) is 5.75 Å². The summed E-state index contributed by atoms with van der Waals surface area (Å²) >= 11 is 0. The van der Waals surface area contributed by atoms with E-state index < -0.39 is 11.6 Å². The second kappa shape index (κ2) is 8.27. The van der Waals surface area contributed by atoms with Crippen molar-refractivity contribution in [3.63, 3.8) is 0 Å². The van der Waals surface area contributed by atoms with Crippen molar-refractivity contribution in [3.8, 4) is 5.75 Å². The first-order valence-electron chi connectivity index (χ1n) is 9.58. The van der Waals surface area contributed by atoms with Crippen molar-refractivity contribution in [1.82, 2.24) is 19.2 Å². The standard InChI is InChI=1S/C22H20F2N4O3/c1-13-21(19(30)9-14-10-27(2)26-18(14)11-29)28-8-4-7-20(22(28)25-13)31-12-15-16(23)5-3-6-17(15)24/h3-8,10,29H,9,11-12H2,1-2H3. The zero-order valence-corrected chi connectivity index (χ0v) is 17.0.